The van der Waals surface area contributed by atoms with Gasteiger partial charge in [-0.1, -0.05) is 18.6 Å². The van der Waals surface area contributed by atoms with E-state index in [9.17, 15) is 4.79 Å². The second-order valence-corrected chi connectivity index (χ2v) is 7.88. The fraction of sp³-hybridized carbons (Fsp3) is 0.429. The Labute approximate surface area is 174 Å². The summed E-state index contributed by atoms with van der Waals surface area (Å²) in [5, 5.41) is 14.3. The molecular weight excluding hydrogens is 386 g/mol. The van der Waals surface area contributed by atoms with E-state index in [1.54, 1.807) is 0 Å². The minimum absolute atomic E-state index is 0.0640. The highest BCUT2D eigenvalue weighted by Gasteiger charge is 2.16. The molecule has 1 aliphatic rings. The predicted octanol–water partition coefficient (Wildman–Crippen LogP) is 3.39. The summed E-state index contributed by atoms with van der Waals surface area (Å²) in [4.78, 5) is 17.1. The Balaban J connectivity index is 1.37. The van der Waals surface area contributed by atoms with Gasteiger partial charge in [0.25, 0.3) is 0 Å². The van der Waals surface area contributed by atoms with Crippen molar-refractivity contribution < 1.29 is 9.53 Å². The van der Waals surface area contributed by atoms with E-state index in [1.165, 1.54) is 17.8 Å². The smallest absolute Gasteiger partial charge is 0.226 e. The maximum atomic E-state index is 12.4. The molecule has 2 aromatic heterocycles. The Morgan fingerprint density at radius 3 is 3.03 bits per heavy atom. The van der Waals surface area contributed by atoms with Crippen LogP contribution in [0.15, 0.2) is 29.6 Å². The van der Waals surface area contributed by atoms with Gasteiger partial charge in [0.05, 0.1) is 30.8 Å². The Kier molecular flexibility index (Phi) is 6.19. The number of thiazole rings is 1. The number of rotatable bonds is 7. The van der Waals surface area contributed by atoms with Gasteiger partial charge in [-0.3, -0.25) is 4.79 Å². The Hall–Kier alpha value is -2.74. The zero-order chi connectivity index (χ0) is 20.1. The predicted molar refractivity (Wildman–Crippen MR) is 112 cm³/mol. The third-order valence-corrected chi connectivity index (χ3v) is 5.86. The zero-order valence-corrected chi connectivity index (χ0v) is 17.4. The number of hydrogen-bond donors (Lipinski definition) is 1. The van der Waals surface area contributed by atoms with Crippen LogP contribution in [-0.4, -0.2) is 32.3 Å². The topological polar surface area (TPSA) is 81.9 Å². The largest absolute Gasteiger partial charge is 0.493 e. The first-order valence-corrected chi connectivity index (χ1v) is 11.0. The van der Waals surface area contributed by atoms with Gasteiger partial charge in [-0.25, -0.2) is 4.98 Å². The molecule has 7 nitrogen and oxygen atoms in total. The van der Waals surface area contributed by atoms with E-state index in [2.05, 4.69) is 25.1 Å². The van der Waals surface area contributed by atoms with Crippen molar-refractivity contribution in [3.8, 4) is 16.3 Å². The van der Waals surface area contributed by atoms with Crippen LogP contribution in [0.25, 0.3) is 10.6 Å². The maximum absolute atomic E-state index is 12.4. The molecule has 0 fully saturated rings. The lowest BCUT2D eigenvalue weighted by atomic mass is 10.2. The first-order valence-electron chi connectivity index (χ1n) is 10.1. The number of para-hydroxylation sites is 1. The van der Waals surface area contributed by atoms with Crippen LogP contribution in [0.5, 0.6) is 5.75 Å². The number of ether oxygens (including phenoxy) is 1. The van der Waals surface area contributed by atoms with Crippen molar-refractivity contribution in [1.82, 2.24) is 25.1 Å². The van der Waals surface area contributed by atoms with E-state index in [-0.39, 0.29) is 12.3 Å². The van der Waals surface area contributed by atoms with Crippen LogP contribution in [0.4, 0.5) is 0 Å². The number of carbonyl (C=O) groups excluding carboxylic acids is 1. The van der Waals surface area contributed by atoms with Crippen LogP contribution < -0.4 is 10.1 Å². The highest BCUT2D eigenvalue weighted by Crippen LogP contribution is 2.32. The molecule has 0 saturated carbocycles. The Morgan fingerprint density at radius 2 is 2.14 bits per heavy atom. The normalized spacial score (nSPS) is 13.6. The molecule has 152 valence electrons. The van der Waals surface area contributed by atoms with Crippen LogP contribution >= 0.6 is 11.3 Å². The van der Waals surface area contributed by atoms with E-state index in [0.717, 1.165) is 59.5 Å². The summed E-state index contributed by atoms with van der Waals surface area (Å²) in [6, 6.07) is 7.84. The molecule has 0 aliphatic carbocycles. The summed E-state index contributed by atoms with van der Waals surface area (Å²) in [6.07, 6.45) is 4.72. The van der Waals surface area contributed by atoms with Crippen molar-refractivity contribution in [2.24, 2.45) is 0 Å². The summed E-state index contributed by atoms with van der Waals surface area (Å²) >= 11 is 1.52. The number of nitrogens with zero attached hydrogens (tertiary/aromatic N) is 4. The van der Waals surface area contributed by atoms with Crippen LogP contribution in [0.2, 0.25) is 0 Å². The monoisotopic (exact) mass is 411 g/mol. The van der Waals surface area contributed by atoms with Crippen molar-refractivity contribution in [2.45, 2.75) is 52.1 Å². The number of fused-ring (bicyclic) bond motifs is 1. The molecule has 0 unspecified atom stereocenters. The van der Waals surface area contributed by atoms with Gasteiger partial charge in [-0.2, -0.15) is 0 Å². The van der Waals surface area contributed by atoms with Gasteiger partial charge in [0.1, 0.15) is 16.6 Å². The average molecular weight is 412 g/mol. The maximum Gasteiger partial charge on any atom is 0.226 e. The van der Waals surface area contributed by atoms with Gasteiger partial charge in [-0.05, 0) is 31.9 Å². The molecule has 0 bridgehead atoms. The number of benzene rings is 1. The number of aryl methyl sites for hydroxylation is 1. The van der Waals surface area contributed by atoms with Crippen molar-refractivity contribution in [3.63, 3.8) is 0 Å². The minimum atomic E-state index is -0.0640. The molecule has 0 spiro atoms. The lowest BCUT2D eigenvalue weighted by molar-refractivity contribution is -0.120. The first kappa shape index (κ1) is 19.6. The zero-order valence-electron chi connectivity index (χ0n) is 16.6. The standard InChI is InChI=1S/C21H25N5O2S/c1-2-28-17-9-6-5-8-16(17)21-23-15(14-29-21)12-20(27)22-13-19-25-24-18-10-4-3-7-11-26(18)19/h5-6,8-9,14H,2-4,7,10-13H2,1H3,(H,22,27). The average Bonchev–Trinajstić information content (AvgIpc) is 3.27. The summed E-state index contributed by atoms with van der Waals surface area (Å²) < 4.78 is 7.84. The molecule has 8 heteroatoms. The Morgan fingerprint density at radius 1 is 1.24 bits per heavy atom. The van der Waals surface area contributed by atoms with E-state index >= 15 is 0 Å². The number of amides is 1. The van der Waals surface area contributed by atoms with Gasteiger partial charge < -0.3 is 14.6 Å². The second-order valence-electron chi connectivity index (χ2n) is 7.02. The number of hydrogen-bond acceptors (Lipinski definition) is 6. The molecule has 4 rings (SSSR count). The summed E-state index contributed by atoms with van der Waals surface area (Å²) in [6.45, 7) is 3.89. The fourth-order valence-electron chi connectivity index (χ4n) is 3.52. The molecule has 29 heavy (non-hydrogen) atoms. The summed E-state index contributed by atoms with van der Waals surface area (Å²) in [5.41, 5.74) is 1.71. The van der Waals surface area contributed by atoms with E-state index in [1.807, 2.05) is 36.6 Å². The highest BCUT2D eigenvalue weighted by molar-refractivity contribution is 7.13. The molecule has 0 radical (unpaired) electrons. The first-order chi connectivity index (χ1) is 14.2. The van der Waals surface area contributed by atoms with Crippen molar-refractivity contribution in [3.05, 3.63) is 47.0 Å². The molecule has 1 N–H and O–H groups in total. The van der Waals surface area contributed by atoms with Crippen molar-refractivity contribution in [2.75, 3.05) is 6.61 Å². The van der Waals surface area contributed by atoms with Crippen LogP contribution in [0.1, 0.15) is 43.5 Å². The van der Waals surface area contributed by atoms with Gasteiger partial charge >= 0.3 is 0 Å². The molecule has 1 amide bonds. The van der Waals surface area contributed by atoms with Gasteiger partial charge in [0, 0.05) is 18.3 Å². The van der Waals surface area contributed by atoms with Crippen molar-refractivity contribution in [1.29, 1.82) is 0 Å². The van der Waals surface area contributed by atoms with E-state index < -0.39 is 0 Å². The highest BCUT2D eigenvalue weighted by atomic mass is 32.1. The van der Waals surface area contributed by atoms with E-state index in [4.69, 9.17) is 4.74 Å². The SMILES string of the molecule is CCOc1ccccc1-c1nc(CC(=O)NCc2nnc3n2CCCCC3)cs1. The number of aromatic nitrogens is 4. The summed E-state index contributed by atoms with van der Waals surface area (Å²) in [5.74, 6) is 2.61. The molecule has 0 atom stereocenters. The van der Waals surface area contributed by atoms with Crippen LogP contribution in [-0.2, 0) is 30.7 Å². The van der Waals surface area contributed by atoms with Gasteiger partial charge in [0.15, 0.2) is 5.82 Å². The lowest BCUT2D eigenvalue weighted by Crippen LogP contribution is -2.26. The van der Waals surface area contributed by atoms with Crippen LogP contribution in [0.3, 0.4) is 0 Å². The van der Waals surface area contributed by atoms with Gasteiger partial charge in [0.2, 0.25) is 5.91 Å². The quantitative estimate of drug-likeness (QED) is 0.644. The Bertz CT molecular complexity index is 981. The van der Waals surface area contributed by atoms with Crippen LogP contribution in [0, 0.1) is 0 Å². The third kappa shape index (κ3) is 4.64. The minimum Gasteiger partial charge on any atom is -0.493 e. The number of nitrogens with one attached hydrogen (secondary N) is 1. The molecule has 1 aromatic carbocycles. The third-order valence-electron chi connectivity index (χ3n) is 4.94. The molecule has 0 saturated heterocycles. The molecule has 3 heterocycles. The second kappa shape index (κ2) is 9.17. The van der Waals surface area contributed by atoms with E-state index in [0.29, 0.717) is 13.2 Å². The van der Waals surface area contributed by atoms with Crippen molar-refractivity contribution >= 4 is 17.2 Å². The number of carbonyl (C=O) groups is 1. The summed E-state index contributed by atoms with van der Waals surface area (Å²) in [7, 11) is 0. The fourth-order valence-corrected chi connectivity index (χ4v) is 4.37. The van der Waals surface area contributed by atoms with Gasteiger partial charge in [-0.15, -0.1) is 21.5 Å². The molecule has 1 aliphatic heterocycles. The molecular formula is C21H25N5O2S. The molecule has 3 aromatic rings. The lowest BCUT2D eigenvalue weighted by Gasteiger charge is -2.08.